The van der Waals surface area contributed by atoms with Crippen molar-refractivity contribution in [1.82, 2.24) is 4.90 Å². The van der Waals surface area contributed by atoms with Crippen molar-refractivity contribution in [3.05, 3.63) is 22.4 Å². The molecule has 0 aromatic carbocycles. The maximum Gasteiger partial charge on any atom is 0.419 e. The number of carbonyl (C=O) groups excluding carboxylic acids is 2. The van der Waals surface area contributed by atoms with Crippen molar-refractivity contribution in [2.45, 2.75) is 31.0 Å². The first-order chi connectivity index (χ1) is 9.73. The Bertz CT molecular complexity index is 529. The van der Waals surface area contributed by atoms with E-state index in [2.05, 4.69) is 0 Å². The van der Waals surface area contributed by atoms with Gasteiger partial charge in [-0.15, -0.1) is 11.3 Å². The molecule has 0 radical (unpaired) electrons. The van der Waals surface area contributed by atoms with Gasteiger partial charge in [0.1, 0.15) is 0 Å². The van der Waals surface area contributed by atoms with Crippen LogP contribution in [0.2, 0.25) is 0 Å². The van der Waals surface area contributed by atoms with Crippen LogP contribution in [-0.2, 0) is 4.79 Å². The highest BCUT2D eigenvalue weighted by atomic mass is 32.1. The average Bonchev–Trinajstić information content (AvgIpc) is 3.04. The number of amides is 1. The van der Waals surface area contributed by atoms with Gasteiger partial charge in [-0.2, -0.15) is 13.2 Å². The zero-order chi connectivity index (χ0) is 15.7. The Labute approximate surface area is 123 Å². The molecule has 1 saturated heterocycles. The van der Waals surface area contributed by atoms with E-state index < -0.39 is 30.7 Å². The first-order valence-electron chi connectivity index (χ1n) is 6.36. The standard InChI is InChI=1S/C13H14F3NO3S/c14-13(15,16)12(20)5-6-17(8-12)11(19)4-3-9(18)10-2-1-7-21-10/h1-2,7,20H,3-6,8H2. The monoisotopic (exact) mass is 321 g/mol. The van der Waals surface area contributed by atoms with Crippen LogP contribution in [0.4, 0.5) is 13.2 Å². The van der Waals surface area contributed by atoms with Gasteiger partial charge in [-0.25, -0.2) is 0 Å². The van der Waals surface area contributed by atoms with Gasteiger partial charge < -0.3 is 10.0 Å². The Hall–Kier alpha value is -1.41. The Morgan fingerprint density at radius 1 is 1.38 bits per heavy atom. The number of thiophene rings is 1. The summed E-state index contributed by atoms with van der Waals surface area (Å²) < 4.78 is 37.9. The summed E-state index contributed by atoms with van der Waals surface area (Å²) in [4.78, 5) is 25.0. The normalized spacial score (nSPS) is 22.6. The van der Waals surface area contributed by atoms with E-state index in [1.807, 2.05) is 0 Å². The highest BCUT2D eigenvalue weighted by Crippen LogP contribution is 2.37. The lowest BCUT2D eigenvalue weighted by molar-refractivity contribution is -0.253. The topological polar surface area (TPSA) is 57.6 Å². The molecule has 1 aliphatic heterocycles. The summed E-state index contributed by atoms with van der Waals surface area (Å²) in [5.41, 5.74) is -2.83. The van der Waals surface area contributed by atoms with Crippen LogP contribution in [0.3, 0.4) is 0 Å². The van der Waals surface area contributed by atoms with Crippen LogP contribution in [0.5, 0.6) is 0 Å². The summed E-state index contributed by atoms with van der Waals surface area (Å²) in [6.45, 7) is -0.912. The molecule has 21 heavy (non-hydrogen) atoms. The molecule has 1 fully saturated rings. The fourth-order valence-corrected chi connectivity index (χ4v) is 2.87. The number of likely N-dealkylation sites (tertiary alicyclic amines) is 1. The third-order valence-electron chi connectivity index (χ3n) is 3.49. The molecule has 116 valence electrons. The van der Waals surface area contributed by atoms with Crippen molar-refractivity contribution >= 4 is 23.0 Å². The SMILES string of the molecule is O=C(CCC(=O)N1CCC(O)(C(F)(F)F)C1)c1cccs1. The molecule has 0 saturated carbocycles. The van der Waals surface area contributed by atoms with Gasteiger partial charge in [0.15, 0.2) is 11.4 Å². The molecular formula is C13H14F3NO3S. The van der Waals surface area contributed by atoms with Crippen LogP contribution >= 0.6 is 11.3 Å². The van der Waals surface area contributed by atoms with Gasteiger partial charge >= 0.3 is 6.18 Å². The molecule has 0 bridgehead atoms. The van der Waals surface area contributed by atoms with Crippen molar-refractivity contribution in [3.8, 4) is 0 Å². The minimum absolute atomic E-state index is 0.0414. The maximum atomic E-state index is 12.6. The van der Waals surface area contributed by atoms with Crippen LogP contribution in [0, 0.1) is 0 Å². The number of alkyl halides is 3. The van der Waals surface area contributed by atoms with E-state index in [0.29, 0.717) is 4.88 Å². The third kappa shape index (κ3) is 3.44. The number of halogens is 3. The average molecular weight is 321 g/mol. The van der Waals surface area contributed by atoms with Crippen molar-refractivity contribution in [2.24, 2.45) is 0 Å². The minimum atomic E-state index is -4.76. The second-order valence-electron chi connectivity index (χ2n) is 5.00. The second kappa shape index (κ2) is 5.76. The van der Waals surface area contributed by atoms with E-state index >= 15 is 0 Å². The first-order valence-corrected chi connectivity index (χ1v) is 7.24. The highest BCUT2D eigenvalue weighted by molar-refractivity contribution is 7.12. The van der Waals surface area contributed by atoms with E-state index in [4.69, 9.17) is 0 Å². The van der Waals surface area contributed by atoms with Gasteiger partial charge in [0, 0.05) is 25.8 Å². The van der Waals surface area contributed by atoms with Crippen LogP contribution < -0.4 is 0 Å². The fourth-order valence-electron chi connectivity index (χ4n) is 2.18. The molecule has 0 spiro atoms. The number of rotatable bonds is 4. The minimum Gasteiger partial charge on any atom is -0.379 e. The summed E-state index contributed by atoms with van der Waals surface area (Å²) in [7, 11) is 0. The highest BCUT2D eigenvalue weighted by Gasteiger charge is 2.57. The number of Topliss-reactive ketones (excluding diaryl/α,β-unsaturated/α-hetero) is 1. The molecule has 8 heteroatoms. The van der Waals surface area contributed by atoms with Crippen LogP contribution in [-0.4, -0.2) is 46.6 Å². The van der Waals surface area contributed by atoms with Crippen molar-refractivity contribution in [3.63, 3.8) is 0 Å². The molecule has 4 nitrogen and oxygen atoms in total. The lowest BCUT2D eigenvalue weighted by Gasteiger charge is -2.25. The number of hydrogen-bond donors (Lipinski definition) is 1. The molecule has 1 N–H and O–H groups in total. The molecule has 1 aliphatic rings. The zero-order valence-corrected chi connectivity index (χ0v) is 11.8. The quantitative estimate of drug-likeness (QED) is 0.865. The Balaban J connectivity index is 1.87. The van der Waals surface area contributed by atoms with E-state index in [9.17, 15) is 27.9 Å². The number of β-amino-alcohol motifs (C(OH)–C–C–N with tert-alkyl or cyclic N) is 1. The molecule has 1 amide bonds. The number of aliphatic hydroxyl groups is 1. The predicted octanol–water partition coefficient (Wildman–Crippen LogP) is 2.24. The third-order valence-corrected chi connectivity index (χ3v) is 4.40. The molecule has 2 rings (SSSR count). The summed E-state index contributed by atoms with van der Waals surface area (Å²) in [6, 6.07) is 3.35. The van der Waals surface area contributed by atoms with Gasteiger partial charge in [-0.1, -0.05) is 6.07 Å². The van der Waals surface area contributed by atoms with Gasteiger partial charge in [0.25, 0.3) is 0 Å². The second-order valence-corrected chi connectivity index (χ2v) is 5.94. The molecule has 2 heterocycles. The molecule has 1 unspecified atom stereocenters. The van der Waals surface area contributed by atoms with Crippen LogP contribution in [0.25, 0.3) is 0 Å². The number of nitrogens with zero attached hydrogens (tertiary/aromatic N) is 1. The summed E-state index contributed by atoms with van der Waals surface area (Å²) in [5.74, 6) is -0.747. The van der Waals surface area contributed by atoms with Crippen molar-refractivity contribution in [1.29, 1.82) is 0 Å². The van der Waals surface area contributed by atoms with E-state index in [-0.39, 0.29) is 25.2 Å². The molecule has 0 aliphatic carbocycles. The number of hydrogen-bond acceptors (Lipinski definition) is 4. The predicted molar refractivity (Wildman–Crippen MR) is 70.1 cm³/mol. The number of carbonyl (C=O) groups is 2. The Morgan fingerprint density at radius 2 is 2.10 bits per heavy atom. The molecule has 1 atom stereocenters. The van der Waals surface area contributed by atoms with Gasteiger partial charge in [-0.05, 0) is 11.4 Å². The van der Waals surface area contributed by atoms with Gasteiger partial charge in [-0.3, -0.25) is 9.59 Å². The van der Waals surface area contributed by atoms with E-state index in [0.717, 1.165) is 4.90 Å². The fraction of sp³-hybridized carbons (Fsp3) is 0.538. The smallest absolute Gasteiger partial charge is 0.379 e. The maximum absolute atomic E-state index is 12.6. The van der Waals surface area contributed by atoms with Crippen LogP contribution in [0.1, 0.15) is 28.9 Å². The molecular weight excluding hydrogens is 307 g/mol. The first kappa shape index (κ1) is 16.0. The largest absolute Gasteiger partial charge is 0.419 e. The summed E-state index contributed by atoms with van der Waals surface area (Å²) in [6.07, 6.45) is -5.47. The molecule has 1 aromatic rings. The Kier molecular flexibility index (Phi) is 4.38. The molecule has 1 aromatic heterocycles. The number of ketones is 1. The van der Waals surface area contributed by atoms with E-state index in [1.54, 1.807) is 17.5 Å². The van der Waals surface area contributed by atoms with Gasteiger partial charge in [0.05, 0.1) is 11.4 Å². The van der Waals surface area contributed by atoms with Gasteiger partial charge in [0.2, 0.25) is 5.91 Å². The lowest BCUT2D eigenvalue weighted by atomic mass is 10.0. The van der Waals surface area contributed by atoms with Crippen LogP contribution in [0.15, 0.2) is 17.5 Å². The zero-order valence-electron chi connectivity index (χ0n) is 11.0. The van der Waals surface area contributed by atoms with Crippen molar-refractivity contribution in [2.75, 3.05) is 13.1 Å². The van der Waals surface area contributed by atoms with Crippen molar-refractivity contribution < 1.29 is 27.9 Å². The van der Waals surface area contributed by atoms with E-state index in [1.165, 1.54) is 11.3 Å². The summed E-state index contributed by atoms with van der Waals surface area (Å²) >= 11 is 1.25. The summed E-state index contributed by atoms with van der Waals surface area (Å²) in [5, 5.41) is 11.2. The Morgan fingerprint density at radius 3 is 2.62 bits per heavy atom. The lowest BCUT2D eigenvalue weighted by Crippen LogP contribution is -2.48.